The fraction of sp³-hybridized carbons (Fsp3) is 0.312. The van der Waals surface area contributed by atoms with Gasteiger partial charge in [-0.1, -0.05) is 23.7 Å². The number of rotatable bonds is 4. The maximum atomic E-state index is 12.1. The molecule has 1 aliphatic heterocycles. The summed E-state index contributed by atoms with van der Waals surface area (Å²) in [6, 6.07) is 9.45. The van der Waals surface area contributed by atoms with E-state index >= 15 is 0 Å². The van der Waals surface area contributed by atoms with Gasteiger partial charge in [0.05, 0.1) is 17.2 Å². The number of nitrogens with zero attached hydrogens (tertiary/aromatic N) is 2. The minimum Gasteiger partial charge on any atom is -0.351 e. The fourth-order valence-electron chi connectivity index (χ4n) is 2.65. The summed E-state index contributed by atoms with van der Waals surface area (Å²) < 4.78 is 23.9. The molecular weight excluding hydrogens is 366 g/mol. The molecule has 1 N–H and O–H groups in total. The first-order valence-corrected chi connectivity index (χ1v) is 9.86. The highest BCUT2D eigenvalue weighted by Gasteiger charge is 2.28. The van der Waals surface area contributed by atoms with Crippen LogP contribution < -0.4 is 10.9 Å². The first-order chi connectivity index (χ1) is 11.8. The standard InChI is InChI=1S/C16H16ClN3O4S/c17-12-3-1-11(2-4-12)14-5-6-16(22)20(19-14)9-15(21)18-13-7-8-25(23,24)10-13/h1-6,13H,7-10H2,(H,18,21)/t13-/m1/s1. The number of halogens is 1. The van der Waals surface area contributed by atoms with Gasteiger partial charge in [-0.3, -0.25) is 9.59 Å². The Labute approximate surface area is 149 Å². The number of sulfone groups is 1. The van der Waals surface area contributed by atoms with Crippen molar-refractivity contribution in [3.63, 3.8) is 0 Å². The van der Waals surface area contributed by atoms with Crippen LogP contribution in [0.4, 0.5) is 0 Å². The smallest absolute Gasteiger partial charge is 0.267 e. The molecule has 0 saturated carbocycles. The largest absolute Gasteiger partial charge is 0.351 e. The van der Waals surface area contributed by atoms with E-state index in [4.69, 9.17) is 11.6 Å². The second-order valence-electron chi connectivity index (χ2n) is 5.89. The molecule has 9 heteroatoms. The van der Waals surface area contributed by atoms with Gasteiger partial charge in [0.2, 0.25) is 5.91 Å². The Morgan fingerprint density at radius 2 is 1.96 bits per heavy atom. The number of hydrogen-bond donors (Lipinski definition) is 1. The molecular formula is C16H16ClN3O4S. The highest BCUT2D eigenvalue weighted by molar-refractivity contribution is 7.91. The molecule has 0 bridgehead atoms. The first kappa shape index (κ1) is 17.6. The average Bonchev–Trinajstić information content (AvgIpc) is 2.89. The van der Waals surface area contributed by atoms with E-state index in [0.717, 1.165) is 10.2 Å². The molecule has 132 valence electrons. The zero-order valence-corrected chi connectivity index (χ0v) is 14.8. The van der Waals surface area contributed by atoms with E-state index in [9.17, 15) is 18.0 Å². The van der Waals surface area contributed by atoms with Crippen LogP contribution >= 0.6 is 11.6 Å². The van der Waals surface area contributed by atoms with Crippen LogP contribution in [0, 0.1) is 0 Å². The summed E-state index contributed by atoms with van der Waals surface area (Å²) in [5.74, 6) is -0.432. The van der Waals surface area contributed by atoms with Gasteiger partial charge in [-0.25, -0.2) is 13.1 Å². The summed E-state index contributed by atoms with van der Waals surface area (Å²) in [7, 11) is -3.08. The number of aromatic nitrogens is 2. The molecule has 7 nitrogen and oxygen atoms in total. The van der Waals surface area contributed by atoms with Crippen LogP contribution in [0.5, 0.6) is 0 Å². The fourth-order valence-corrected chi connectivity index (χ4v) is 4.45. The summed E-state index contributed by atoms with van der Waals surface area (Å²) in [6.45, 7) is -0.267. The van der Waals surface area contributed by atoms with Crippen molar-refractivity contribution in [1.29, 1.82) is 0 Å². The monoisotopic (exact) mass is 381 g/mol. The number of benzene rings is 1. The topological polar surface area (TPSA) is 98.1 Å². The molecule has 25 heavy (non-hydrogen) atoms. The molecule has 0 unspecified atom stereocenters. The van der Waals surface area contributed by atoms with Crippen LogP contribution in [0.25, 0.3) is 11.3 Å². The summed E-state index contributed by atoms with van der Waals surface area (Å²) in [5.41, 5.74) is 0.889. The lowest BCUT2D eigenvalue weighted by Gasteiger charge is -2.12. The Hall–Kier alpha value is -2.19. The van der Waals surface area contributed by atoms with Gasteiger partial charge >= 0.3 is 0 Å². The minimum atomic E-state index is -3.08. The molecule has 0 radical (unpaired) electrons. The predicted octanol–water partition coefficient (Wildman–Crippen LogP) is 0.867. The lowest BCUT2D eigenvalue weighted by molar-refractivity contribution is -0.122. The zero-order chi connectivity index (χ0) is 18.0. The van der Waals surface area contributed by atoms with Gasteiger partial charge in [0.25, 0.3) is 5.56 Å². The van der Waals surface area contributed by atoms with Crippen molar-refractivity contribution in [1.82, 2.24) is 15.1 Å². The van der Waals surface area contributed by atoms with Crippen molar-refractivity contribution < 1.29 is 13.2 Å². The van der Waals surface area contributed by atoms with Gasteiger partial charge in [-0.2, -0.15) is 5.10 Å². The lowest BCUT2D eigenvalue weighted by atomic mass is 10.1. The molecule has 1 amide bonds. The van der Waals surface area contributed by atoms with E-state index in [1.807, 2.05) is 0 Å². The van der Waals surface area contributed by atoms with E-state index < -0.39 is 27.3 Å². The van der Waals surface area contributed by atoms with Crippen LogP contribution in [0.2, 0.25) is 5.02 Å². The molecule has 1 atom stereocenters. The third-order valence-corrected chi connectivity index (χ3v) is 5.92. The summed E-state index contributed by atoms with van der Waals surface area (Å²) in [6.07, 6.45) is 0.390. The first-order valence-electron chi connectivity index (χ1n) is 7.66. The Morgan fingerprint density at radius 1 is 1.24 bits per heavy atom. The number of carbonyl (C=O) groups excluding carboxylic acids is 1. The molecule has 0 spiro atoms. The van der Waals surface area contributed by atoms with Crippen LogP contribution in [0.15, 0.2) is 41.2 Å². The van der Waals surface area contributed by atoms with Gasteiger partial charge in [0.15, 0.2) is 9.84 Å². The molecule has 0 aliphatic carbocycles. The Morgan fingerprint density at radius 3 is 2.60 bits per heavy atom. The van der Waals surface area contributed by atoms with Gasteiger partial charge < -0.3 is 5.32 Å². The number of nitrogens with one attached hydrogen (secondary N) is 1. The second kappa shape index (κ2) is 6.97. The van der Waals surface area contributed by atoms with Gasteiger partial charge in [0, 0.05) is 22.7 Å². The quantitative estimate of drug-likeness (QED) is 0.847. The molecule has 2 aromatic rings. The average molecular weight is 382 g/mol. The summed E-state index contributed by atoms with van der Waals surface area (Å²) in [4.78, 5) is 24.0. The van der Waals surface area contributed by atoms with Crippen LogP contribution in [-0.4, -0.2) is 41.7 Å². The molecule has 3 rings (SSSR count). The molecule has 1 aromatic heterocycles. The predicted molar refractivity (Wildman–Crippen MR) is 94.1 cm³/mol. The van der Waals surface area contributed by atoms with Crippen molar-refractivity contribution in [3.8, 4) is 11.3 Å². The Kier molecular flexibility index (Phi) is 4.91. The molecule has 1 aliphatic rings. The Balaban J connectivity index is 1.73. The van der Waals surface area contributed by atoms with Gasteiger partial charge in [-0.05, 0) is 24.6 Å². The van der Waals surface area contributed by atoms with E-state index in [1.54, 1.807) is 30.3 Å². The summed E-state index contributed by atoms with van der Waals surface area (Å²) >= 11 is 5.85. The van der Waals surface area contributed by atoms with Crippen LogP contribution in [0.1, 0.15) is 6.42 Å². The minimum absolute atomic E-state index is 0.0636. The van der Waals surface area contributed by atoms with Crippen molar-refractivity contribution in [2.75, 3.05) is 11.5 Å². The lowest BCUT2D eigenvalue weighted by Crippen LogP contribution is -2.40. The van der Waals surface area contributed by atoms with Crippen molar-refractivity contribution in [2.45, 2.75) is 19.0 Å². The van der Waals surface area contributed by atoms with E-state index in [1.165, 1.54) is 6.07 Å². The third-order valence-electron chi connectivity index (χ3n) is 3.90. The maximum Gasteiger partial charge on any atom is 0.267 e. The Bertz CT molecular complexity index is 954. The highest BCUT2D eigenvalue weighted by Crippen LogP contribution is 2.18. The molecule has 2 heterocycles. The van der Waals surface area contributed by atoms with Crippen LogP contribution in [0.3, 0.4) is 0 Å². The summed E-state index contributed by atoms with van der Waals surface area (Å²) in [5, 5.41) is 7.43. The third kappa shape index (κ3) is 4.46. The van der Waals surface area contributed by atoms with Gasteiger partial charge in [-0.15, -0.1) is 0 Å². The maximum absolute atomic E-state index is 12.1. The van der Waals surface area contributed by atoms with E-state index in [0.29, 0.717) is 17.1 Å². The van der Waals surface area contributed by atoms with Gasteiger partial charge in [0.1, 0.15) is 6.54 Å². The van der Waals surface area contributed by atoms with E-state index in [2.05, 4.69) is 10.4 Å². The molecule has 1 fully saturated rings. The number of hydrogen-bond acceptors (Lipinski definition) is 5. The van der Waals surface area contributed by atoms with Crippen molar-refractivity contribution in [2.24, 2.45) is 0 Å². The SMILES string of the molecule is O=C(Cn1nc(-c2ccc(Cl)cc2)ccc1=O)N[C@@H]1CCS(=O)(=O)C1. The van der Waals surface area contributed by atoms with Crippen molar-refractivity contribution in [3.05, 3.63) is 51.8 Å². The zero-order valence-electron chi connectivity index (χ0n) is 13.2. The molecule has 1 aromatic carbocycles. The van der Waals surface area contributed by atoms with Crippen molar-refractivity contribution >= 4 is 27.3 Å². The second-order valence-corrected chi connectivity index (χ2v) is 8.55. The number of carbonyl (C=O) groups is 1. The van der Waals surface area contributed by atoms with E-state index in [-0.39, 0.29) is 18.1 Å². The number of amides is 1. The molecule has 1 saturated heterocycles. The normalized spacial score (nSPS) is 18.8. The van der Waals surface area contributed by atoms with Crippen LogP contribution in [-0.2, 0) is 21.2 Å². The highest BCUT2D eigenvalue weighted by atomic mass is 35.5.